The minimum atomic E-state index is -4.89. The third-order valence-electron chi connectivity index (χ3n) is 4.76. The molecule has 0 unspecified atom stereocenters. The van der Waals surface area contributed by atoms with Crippen LogP contribution in [0.1, 0.15) is 12.6 Å². The quantitative estimate of drug-likeness (QED) is 0.221. The van der Waals surface area contributed by atoms with Crippen LogP contribution in [-0.4, -0.2) is 47.1 Å². The van der Waals surface area contributed by atoms with E-state index < -0.39 is 38.2 Å². The maximum atomic E-state index is 13.2. The number of amides is 2. The van der Waals surface area contributed by atoms with Crippen LogP contribution < -0.4 is 16.4 Å². The summed E-state index contributed by atoms with van der Waals surface area (Å²) in [6.45, 7) is 1.14. The molecular formula is C20H17F3N7O7PS. The van der Waals surface area contributed by atoms with Crippen molar-refractivity contribution < 1.29 is 41.3 Å². The maximum Gasteiger partial charge on any atom is 0.471 e. The predicted molar refractivity (Wildman–Crippen MR) is 129 cm³/mol. The summed E-state index contributed by atoms with van der Waals surface area (Å²) in [7, 11) is -4.89. The molecule has 39 heavy (non-hydrogen) atoms. The van der Waals surface area contributed by atoms with Crippen molar-refractivity contribution >= 4 is 31.0 Å². The van der Waals surface area contributed by atoms with Gasteiger partial charge in [-0.2, -0.15) is 17.9 Å². The van der Waals surface area contributed by atoms with Crippen molar-refractivity contribution in [3.8, 4) is 33.2 Å². The van der Waals surface area contributed by atoms with E-state index >= 15 is 0 Å². The lowest BCUT2D eigenvalue weighted by Gasteiger charge is -2.11. The first-order chi connectivity index (χ1) is 18.3. The Bertz CT molecular complexity index is 1620. The van der Waals surface area contributed by atoms with Gasteiger partial charge in [-0.15, -0.1) is 16.4 Å². The molecule has 0 aliphatic carbocycles. The molecule has 2 amide bonds. The standard InChI is InChI=1S/C20H17F3N7O7PS/c1-2-25-18(31)28-15-4-12(17-27-14(8-39-17)20(21,22)23)13(7-26-15)10-3-11(6-24-5-10)16-29-30(19(32)37-16)9-36-38(33,34)35/h3-8H,2,9H2,1H3,(H2,33,34,35)(H2,25,26,28,31). The minimum absolute atomic E-state index is 0.0190. The normalized spacial score (nSPS) is 11.9. The van der Waals surface area contributed by atoms with Gasteiger partial charge >= 0.3 is 25.8 Å². The number of thiazole rings is 1. The van der Waals surface area contributed by atoms with Gasteiger partial charge in [-0.25, -0.2) is 24.1 Å². The van der Waals surface area contributed by atoms with Gasteiger partial charge in [0.05, 0.1) is 5.56 Å². The molecule has 0 spiro atoms. The van der Waals surface area contributed by atoms with Gasteiger partial charge in [0.25, 0.3) is 5.89 Å². The molecular weight excluding hydrogens is 570 g/mol. The van der Waals surface area contributed by atoms with Crippen molar-refractivity contribution in [3.63, 3.8) is 0 Å². The zero-order valence-electron chi connectivity index (χ0n) is 19.5. The monoisotopic (exact) mass is 587 g/mol. The Kier molecular flexibility index (Phi) is 7.94. The number of alkyl halides is 3. The molecule has 4 aromatic heterocycles. The predicted octanol–water partition coefficient (Wildman–Crippen LogP) is 3.31. The SMILES string of the molecule is CCNC(=O)Nc1cc(-c2nc(C(F)(F)F)cs2)c(-c2cncc(-c3nn(COP(=O)(O)O)c(=O)o3)c2)cn1. The molecule has 0 saturated heterocycles. The van der Waals surface area contributed by atoms with Crippen molar-refractivity contribution in [1.29, 1.82) is 0 Å². The summed E-state index contributed by atoms with van der Waals surface area (Å²) in [5.74, 6) is -1.31. The average Bonchev–Trinajstić information content (AvgIpc) is 3.50. The molecule has 0 radical (unpaired) electrons. The summed E-state index contributed by atoms with van der Waals surface area (Å²) in [5, 5.41) is 9.65. The Labute approximate surface area is 219 Å². The number of urea groups is 1. The van der Waals surface area contributed by atoms with Crippen LogP contribution in [0.2, 0.25) is 0 Å². The van der Waals surface area contributed by atoms with E-state index in [1.54, 1.807) is 6.92 Å². The number of halogens is 3. The second-order valence-electron chi connectivity index (χ2n) is 7.52. The Morgan fingerprint density at radius 3 is 2.62 bits per heavy atom. The molecule has 4 aromatic rings. The first-order valence-corrected chi connectivity index (χ1v) is 13.1. The van der Waals surface area contributed by atoms with Gasteiger partial charge in [0.1, 0.15) is 10.8 Å². The summed E-state index contributed by atoms with van der Waals surface area (Å²) in [6.07, 6.45) is -0.738. The van der Waals surface area contributed by atoms with E-state index in [-0.39, 0.29) is 33.4 Å². The molecule has 14 nitrogen and oxygen atoms in total. The van der Waals surface area contributed by atoms with Crippen LogP contribution in [0.5, 0.6) is 0 Å². The Balaban J connectivity index is 1.75. The number of nitrogens with zero attached hydrogens (tertiary/aromatic N) is 5. The van der Waals surface area contributed by atoms with Crippen molar-refractivity contribution in [2.75, 3.05) is 11.9 Å². The highest BCUT2D eigenvalue weighted by molar-refractivity contribution is 7.46. The van der Waals surface area contributed by atoms with E-state index in [1.165, 1.54) is 30.7 Å². The van der Waals surface area contributed by atoms with Crippen molar-refractivity contribution in [2.45, 2.75) is 19.8 Å². The highest BCUT2D eigenvalue weighted by Gasteiger charge is 2.34. The van der Waals surface area contributed by atoms with Gasteiger partial charge in [0, 0.05) is 47.2 Å². The van der Waals surface area contributed by atoms with Gasteiger partial charge in [-0.3, -0.25) is 14.8 Å². The molecule has 0 aromatic carbocycles. The van der Waals surface area contributed by atoms with Gasteiger partial charge in [0.2, 0.25) is 0 Å². The Hall–Kier alpha value is -3.96. The average molecular weight is 587 g/mol. The number of carbonyl (C=O) groups is 1. The van der Waals surface area contributed by atoms with E-state index in [2.05, 4.69) is 35.2 Å². The number of anilines is 1. The van der Waals surface area contributed by atoms with Gasteiger partial charge in [-0.1, -0.05) is 0 Å². The molecule has 206 valence electrons. The molecule has 4 N–H and O–H groups in total. The third-order valence-corrected chi connectivity index (χ3v) is 6.09. The summed E-state index contributed by atoms with van der Waals surface area (Å²) in [5.41, 5.74) is -0.170. The van der Waals surface area contributed by atoms with Crippen molar-refractivity contribution in [1.82, 2.24) is 30.0 Å². The number of hydrogen-bond donors (Lipinski definition) is 4. The smallest absolute Gasteiger partial charge is 0.387 e. The van der Waals surface area contributed by atoms with Crippen molar-refractivity contribution in [3.05, 3.63) is 52.3 Å². The molecule has 0 saturated carbocycles. The van der Waals surface area contributed by atoms with Crippen LogP contribution in [0.3, 0.4) is 0 Å². The van der Waals surface area contributed by atoms with Crippen LogP contribution in [-0.2, 0) is 22.0 Å². The van der Waals surface area contributed by atoms with Crippen LogP contribution in [0.4, 0.5) is 23.8 Å². The summed E-state index contributed by atoms with van der Waals surface area (Å²) in [4.78, 5) is 53.5. The zero-order valence-corrected chi connectivity index (χ0v) is 21.3. The van der Waals surface area contributed by atoms with E-state index in [0.29, 0.717) is 16.8 Å². The molecule has 0 bridgehead atoms. The summed E-state index contributed by atoms with van der Waals surface area (Å²) < 4.78 is 60.4. The molecule has 0 atom stereocenters. The number of nitrogens with one attached hydrogen (secondary N) is 2. The highest BCUT2D eigenvalue weighted by atomic mass is 32.1. The van der Waals surface area contributed by atoms with Gasteiger partial charge < -0.3 is 19.5 Å². The minimum Gasteiger partial charge on any atom is -0.387 e. The largest absolute Gasteiger partial charge is 0.471 e. The number of pyridine rings is 2. The number of aromatic nitrogens is 5. The van der Waals surface area contributed by atoms with Crippen LogP contribution >= 0.6 is 19.2 Å². The van der Waals surface area contributed by atoms with E-state index in [1.807, 2.05) is 0 Å². The molecule has 0 aliphatic rings. The lowest BCUT2D eigenvalue weighted by atomic mass is 10.0. The second-order valence-corrected chi connectivity index (χ2v) is 9.62. The Morgan fingerprint density at radius 2 is 1.95 bits per heavy atom. The van der Waals surface area contributed by atoms with Crippen LogP contribution in [0.25, 0.3) is 33.2 Å². The topological polar surface area (TPSA) is 195 Å². The third kappa shape index (κ3) is 6.92. The lowest BCUT2D eigenvalue weighted by molar-refractivity contribution is -0.140. The van der Waals surface area contributed by atoms with Crippen LogP contribution in [0, 0.1) is 0 Å². The fourth-order valence-corrected chi connectivity index (χ4v) is 4.23. The second kappa shape index (κ2) is 11.0. The van der Waals surface area contributed by atoms with E-state index in [9.17, 15) is 27.3 Å². The van der Waals surface area contributed by atoms with E-state index in [0.717, 1.165) is 16.7 Å². The summed E-state index contributed by atoms with van der Waals surface area (Å²) >= 11 is 0.729. The van der Waals surface area contributed by atoms with Crippen LogP contribution in [0.15, 0.2) is 45.3 Å². The summed E-state index contributed by atoms with van der Waals surface area (Å²) in [6, 6.07) is 2.22. The molecule has 19 heteroatoms. The number of rotatable bonds is 8. The maximum absolute atomic E-state index is 13.2. The fourth-order valence-electron chi connectivity index (χ4n) is 3.12. The van der Waals surface area contributed by atoms with Gasteiger partial charge in [0.15, 0.2) is 12.4 Å². The fraction of sp³-hybridized carbons (Fsp3) is 0.200. The number of carbonyl (C=O) groups excluding carboxylic acids is 1. The Morgan fingerprint density at radius 1 is 1.21 bits per heavy atom. The first-order valence-electron chi connectivity index (χ1n) is 10.7. The molecule has 0 fully saturated rings. The number of phosphoric acid groups is 1. The molecule has 4 heterocycles. The number of hydrogen-bond acceptors (Lipinski definition) is 10. The number of phosphoric ester groups is 1. The highest BCUT2D eigenvalue weighted by Crippen LogP contribution is 2.39. The van der Waals surface area contributed by atoms with Gasteiger partial charge in [-0.05, 0) is 19.1 Å². The molecule has 0 aliphatic heterocycles. The molecule has 4 rings (SSSR count). The zero-order chi connectivity index (χ0) is 28.4. The van der Waals surface area contributed by atoms with E-state index in [4.69, 9.17) is 14.2 Å². The first kappa shape index (κ1) is 28.1. The lowest BCUT2D eigenvalue weighted by Crippen LogP contribution is -2.28. The van der Waals surface area contributed by atoms with Crippen molar-refractivity contribution in [2.24, 2.45) is 0 Å².